The number of fused-ring (bicyclic) bond motifs is 3. The predicted octanol–water partition coefficient (Wildman–Crippen LogP) is 4.73. The third kappa shape index (κ3) is 2.30. The molecule has 4 aromatic rings. The van der Waals surface area contributed by atoms with Gasteiger partial charge in [-0.05, 0) is 12.1 Å². The quantitative estimate of drug-likeness (QED) is 0.392. The van der Waals surface area contributed by atoms with Crippen LogP contribution in [0.1, 0.15) is 23.8 Å². The lowest BCUT2D eigenvalue weighted by Gasteiger charge is -2.03. The molecule has 4 nitrogen and oxygen atoms in total. The number of hydrogen-bond acceptors (Lipinski definition) is 2. The highest BCUT2D eigenvalue weighted by Gasteiger charge is 2.24. The van der Waals surface area contributed by atoms with Crippen LogP contribution in [0.2, 0.25) is 0 Å². The van der Waals surface area contributed by atoms with Crippen LogP contribution in [0, 0.1) is 0 Å². The van der Waals surface area contributed by atoms with Crippen molar-refractivity contribution in [3.8, 4) is 11.3 Å². The number of aromatic nitrogens is 3. The first-order valence-electron chi connectivity index (χ1n) is 8.45. The summed E-state index contributed by atoms with van der Waals surface area (Å²) in [6, 6.07) is 18.0. The van der Waals surface area contributed by atoms with Crippen molar-refractivity contribution in [1.29, 1.82) is 0 Å². The molecule has 4 rings (SSSR count). The van der Waals surface area contributed by atoms with Crippen molar-refractivity contribution >= 4 is 22.6 Å². The Bertz CT molecular complexity index is 1090. The van der Waals surface area contributed by atoms with E-state index >= 15 is 0 Å². The summed E-state index contributed by atoms with van der Waals surface area (Å²) in [5, 5.41) is 0. The number of hydrogen-bond donors (Lipinski definition) is 0. The first-order valence-corrected chi connectivity index (χ1v) is 8.45. The van der Waals surface area contributed by atoms with Crippen LogP contribution in [0.3, 0.4) is 0 Å². The Kier molecular flexibility index (Phi) is 3.73. The molecule has 0 fully saturated rings. The molecule has 0 unspecified atom stereocenters. The Hall–Kier alpha value is -3.14. The average Bonchev–Trinajstić information content (AvgIpc) is 3.18. The minimum atomic E-state index is 0.0906. The van der Waals surface area contributed by atoms with Gasteiger partial charge in [0.25, 0.3) is 0 Å². The van der Waals surface area contributed by atoms with Crippen LogP contribution in [-0.2, 0) is 6.54 Å². The minimum absolute atomic E-state index is 0.0906. The molecule has 25 heavy (non-hydrogen) atoms. The highest BCUT2D eigenvalue weighted by molar-refractivity contribution is 6.03. The van der Waals surface area contributed by atoms with Gasteiger partial charge in [0.1, 0.15) is 11.4 Å². The summed E-state index contributed by atoms with van der Waals surface area (Å²) >= 11 is 0. The molecule has 0 saturated carbocycles. The number of para-hydroxylation sites is 2. The van der Waals surface area contributed by atoms with Crippen LogP contribution >= 0.6 is 0 Å². The summed E-state index contributed by atoms with van der Waals surface area (Å²) in [5.41, 5.74) is 4.39. The van der Waals surface area contributed by atoms with Crippen molar-refractivity contribution in [3.63, 3.8) is 0 Å². The van der Waals surface area contributed by atoms with E-state index in [1.54, 1.807) is 0 Å². The second-order valence-electron chi connectivity index (χ2n) is 5.98. The number of benzene rings is 2. The zero-order valence-corrected chi connectivity index (χ0v) is 14.1. The van der Waals surface area contributed by atoms with Gasteiger partial charge < -0.3 is 4.57 Å². The average molecular weight is 329 g/mol. The summed E-state index contributed by atoms with van der Waals surface area (Å²) in [6.07, 6.45) is 2.29. The van der Waals surface area contributed by atoms with Crippen LogP contribution in [0.25, 0.3) is 28.1 Å². The third-order valence-corrected chi connectivity index (χ3v) is 4.46. The summed E-state index contributed by atoms with van der Waals surface area (Å²) in [4.78, 5) is 17.7. The normalized spacial score (nSPS) is 11.2. The van der Waals surface area contributed by atoms with Crippen LogP contribution in [0.15, 0.2) is 67.3 Å². The fraction of sp³-hybridized carbons (Fsp3) is 0.143. The molecule has 0 N–H and O–H groups in total. The SMILES string of the molecule is C=CCn1c2ccccc2n2c(C(=O)CC)c(-c3ccccc3)nc12. The number of carbonyl (C=O) groups excluding carboxylic acids is 1. The van der Waals surface area contributed by atoms with Gasteiger partial charge in [-0.2, -0.15) is 0 Å². The molecule has 0 spiro atoms. The van der Waals surface area contributed by atoms with E-state index in [4.69, 9.17) is 4.98 Å². The Labute approximate surface area is 146 Å². The Morgan fingerprint density at radius 3 is 2.44 bits per heavy atom. The number of rotatable bonds is 5. The summed E-state index contributed by atoms with van der Waals surface area (Å²) in [5.74, 6) is 0.865. The highest BCUT2D eigenvalue weighted by Crippen LogP contribution is 2.30. The van der Waals surface area contributed by atoms with Crippen molar-refractivity contribution in [2.75, 3.05) is 0 Å². The van der Waals surface area contributed by atoms with Gasteiger partial charge in [0.15, 0.2) is 5.78 Å². The van der Waals surface area contributed by atoms with Gasteiger partial charge in [0, 0.05) is 18.5 Å². The van der Waals surface area contributed by atoms with Gasteiger partial charge in [0.05, 0.1) is 11.0 Å². The smallest absolute Gasteiger partial charge is 0.216 e. The summed E-state index contributed by atoms with van der Waals surface area (Å²) in [6.45, 7) is 6.39. The molecule has 0 aliphatic rings. The molecule has 0 radical (unpaired) electrons. The van der Waals surface area contributed by atoms with E-state index in [2.05, 4.69) is 17.2 Å². The van der Waals surface area contributed by atoms with Crippen molar-refractivity contribution < 1.29 is 4.79 Å². The molecule has 0 saturated heterocycles. The molecule has 4 heteroatoms. The lowest BCUT2D eigenvalue weighted by Crippen LogP contribution is -2.03. The second-order valence-corrected chi connectivity index (χ2v) is 5.98. The molecule has 0 bridgehead atoms. The fourth-order valence-electron chi connectivity index (χ4n) is 3.34. The van der Waals surface area contributed by atoms with Gasteiger partial charge in [-0.1, -0.05) is 55.5 Å². The first-order chi connectivity index (χ1) is 12.3. The monoisotopic (exact) mass is 329 g/mol. The first kappa shape index (κ1) is 15.4. The number of allylic oxidation sites excluding steroid dienone is 1. The van der Waals surface area contributed by atoms with Gasteiger partial charge in [-0.25, -0.2) is 4.98 Å². The molecule has 2 heterocycles. The van der Waals surface area contributed by atoms with Gasteiger partial charge in [0.2, 0.25) is 5.78 Å². The molecule has 2 aromatic carbocycles. The van der Waals surface area contributed by atoms with E-state index < -0.39 is 0 Å². The lowest BCUT2D eigenvalue weighted by molar-refractivity contribution is 0.0983. The van der Waals surface area contributed by atoms with E-state index in [9.17, 15) is 4.79 Å². The number of nitrogens with zero attached hydrogens (tertiary/aromatic N) is 3. The summed E-state index contributed by atoms with van der Waals surface area (Å²) < 4.78 is 4.09. The maximum atomic E-state index is 12.8. The summed E-state index contributed by atoms with van der Waals surface area (Å²) in [7, 11) is 0. The van der Waals surface area contributed by atoms with Gasteiger partial charge in [-0.15, -0.1) is 6.58 Å². The molecule has 0 aliphatic carbocycles. The third-order valence-electron chi connectivity index (χ3n) is 4.46. The van der Waals surface area contributed by atoms with E-state index in [1.165, 1.54) is 0 Å². The standard InChI is InChI=1S/C21H19N3O/c1-3-14-23-16-12-8-9-13-17(16)24-20(18(25)4-2)19(22-21(23)24)15-10-6-5-7-11-15/h3,5-13H,1,4,14H2,2H3. The largest absolute Gasteiger partial charge is 0.306 e. The molecule has 0 atom stereocenters. The Balaban J connectivity index is 2.16. The van der Waals surface area contributed by atoms with E-state index in [0.29, 0.717) is 18.7 Å². The predicted molar refractivity (Wildman–Crippen MR) is 101 cm³/mol. The number of carbonyl (C=O) groups is 1. The molecule has 124 valence electrons. The number of ketones is 1. The van der Waals surface area contributed by atoms with E-state index in [0.717, 1.165) is 28.1 Å². The van der Waals surface area contributed by atoms with Crippen molar-refractivity contribution in [1.82, 2.24) is 14.0 Å². The molecular weight excluding hydrogens is 310 g/mol. The Morgan fingerprint density at radius 1 is 1.08 bits per heavy atom. The van der Waals surface area contributed by atoms with Crippen molar-refractivity contribution in [2.45, 2.75) is 19.9 Å². The van der Waals surface area contributed by atoms with Crippen molar-refractivity contribution in [3.05, 3.63) is 72.9 Å². The second kappa shape index (κ2) is 6.06. The minimum Gasteiger partial charge on any atom is -0.306 e. The van der Waals surface area contributed by atoms with E-state index in [1.807, 2.05) is 65.9 Å². The molecule has 0 amide bonds. The van der Waals surface area contributed by atoms with Crippen LogP contribution in [-0.4, -0.2) is 19.7 Å². The molecule has 2 aromatic heterocycles. The maximum Gasteiger partial charge on any atom is 0.216 e. The number of imidazole rings is 2. The fourth-order valence-corrected chi connectivity index (χ4v) is 3.34. The van der Waals surface area contributed by atoms with Crippen LogP contribution in [0.4, 0.5) is 0 Å². The Morgan fingerprint density at radius 2 is 1.76 bits per heavy atom. The van der Waals surface area contributed by atoms with Gasteiger partial charge in [-0.3, -0.25) is 9.20 Å². The van der Waals surface area contributed by atoms with Crippen LogP contribution in [0.5, 0.6) is 0 Å². The zero-order valence-electron chi connectivity index (χ0n) is 14.1. The number of Topliss-reactive ketones (excluding diaryl/α,β-unsaturated/α-hetero) is 1. The maximum absolute atomic E-state index is 12.8. The zero-order chi connectivity index (χ0) is 17.4. The van der Waals surface area contributed by atoms with Crippen LogP contribution < -0.4 is 0 Å². The molecular formula is C21H19N3O. The van der Waals surface area contributed by atoms with E-state index in [-0.39, 0.29) is 5.78 Å². The molecule has 0 aliphatic heterocycles. The van der Waals surface area contributed by atoms with Gasteiger partial charge >= 0.3 is 0 Å². The topological polar surface area (TPSA) is 39.3 Å². The van der Waals surface area contributed by atoms with Crippen molar-refractivity contribution in [2.24, 2.45) is 0 Å². The lowest BCUT2D eigenvalue weighted by atomic mass is 10.1. The highest BCUT2D eigenvalue weighted by atomic mass is 16.1.